The summed E-state index contributed by atoms with van der Waals surface area (Å²) >= 11 is 6.34. The fourth-order valence-corrected chi connectivity index (χ4v) is 3.13. The highest BCUT2D eigenvalue weighted by molar-refractivity contribution is 6.30. The molecule has 0 radical (unpaired) electrons. The highest BCUT2D eigenvalue weighted by Gasteiger charge is 2.19. The van der Waals surface area contributed by atoms with E-state index in [2.05, 4.69) is 27.3 Å². The molecule has 2 heterocycles. The van der Waals surface area contributed by atoms with E-state index in [9.17, 15) is 0 Å². The number of piperidine rings is 1. The molecule has 3 nitrogen and oxygen atoms in total. The average Bonchev–Trinajstić information content (AvgIpc) is 2.48. The lowest BCUT2D eigenvalue weighted by Gasteiger charge is -2.32. The lowest BCUT2D eigenvalue weighted by Crippen LogP contribution is -2.43. The minimum atomic E-state index is 0.593. The first kappa shape index (κ1) is 13.8. The van der Waals surface area contributed by atoms with Crippen molar-refractivity contribution in [1.82, 2.24) is 15.2 Å². The quantitative estimate of drug-likeness (QED) is 0.880. The highest BCUT2D eigenvalue weighted by Crippen LogP contribution is 2.23. The molecule has 1 aromatic heterocycles. The van der Waals surface area contributed by atoms with E-state index in [1.165, 1.54) is 12.8 Å². The molecule has 0 saturated carbocycles. The number of fused-ring (bicyclic) bond motifs is 1. The number of likely N-dealkylation sites (N-methyl/N-ethyl adjacent to an activating group) is 1. The van der Waals surface area contributed by atoms with Crippen LogP contribution in [0.1, 0.15) is 18.4 Å². The number of aromatic nitrogens is 1. The second-order valence-corrected chi connectivity index (χ2v) is 5.85. The molecule has 1 aromatic carbocycles. The number of likely N-dealkylation sites (tertiary alicyclic amines) is 1. The predicted molar refractivity (Wildman–Crippen MR) is 84.1 cm³/mol. The van der Waals surface area contributed by atoms with E-state index in [-0.39, 0.29) is 0 Å². The summed E-state index contributed by atoms with van der Waals surface area (Å²) in [7, 11) is 2.04. The van der Waals surface area contributed by atoms with Gasteiger partial charge in [0.2, 0.25) is 0 Å². The van der Waals surface area contributed by atoms with Gasteiger partial charge in [-0.3, -0.25) is 4.90 Å². The van der Waals surface area contributed by atoms with Crippen LogP contribution in [0.25, 0.3) is 10.9 Å². The van der Waals surface area contributed by atoms with E-state index in [0.717, 1.165) is 36.1 Å². The third-order valence-corrected chi connectivity index (χ3v) is 4.39. The number of halogens is 1. The van der Waals surface area contributed by atoms with Crippen LogP contribution in [0.3, 0.4) is 0 Å². The van der Waals surface area contributed by atoms with Gasteiger partial charge in [-0.05, 0) is 38.6 Å². The molecular weight excluding hydrogens is 270 g/mol. The lowest BCUT2D eigenvalue weighted by atomic mass is 10.0. The number of hydrogen-bond donors (Lipinski definition) is 1. The molecule has 20 heavy (non-hydrogen) atoms. The smallest absolute Gasteiger partial charge is 0.134 e. The molecule has 1 atom stereocenters. The fraction of sp³-hybridized carbons (Fsp3) is 0.438. The maximum atomic E-state index is 6.34. The minimum absolute atomic E-state index is 0.593. The van der Waals surface area contributed by atoms with E-state index in [4.69, 9.17) is 11.6 Å². The maximum absolute atomic E-state index is 6.34. The molecule has 2 aromatic rings. The first-order valence-corrected chi connectivity index (χ1v) is 7.58. The molecule has 1 fully saturated rings. The maximum Gasteiger partial charge on any atom is 0.134 e. The van der Waals surface area contributed by atoms with Crippen molar-refractivity contribution in [3.8, 4) is 0 Å². The predicted octanol–water partition coefficient (Wildman–Crippen LogP) is 3.07. The van der Waals surface area contributed by atoms with Gasteiger partial charge in [-0.1, -0.05) is 29.8 Å². The van der Waals surface area contributed by atoms with Crippen molar-refractivity contribution in [2.45, 2.75) is 25.4 Å². The zero-order valence-corrected chi connectivity index (χ0v) is 12.5. The summed E-state index contributed by atoms with van der Waals surface area (Å²) in [6.07, 6.45) is 2.50. The molecule has 0 aliphatic carbocycles. The standard InChI is InChI=1S/C16H20ClN3/c1-18-14-6-4-8-20(11-14)10-13-9-12-5-2-3-7-15(12)19-16(13)17/h2-3,5,7,9,14,18H,4,6,8,10-11H2,1H3. The number of para-hydroxylation sites is 1. The highest BCUT2D eigenvalue weighted by atomic mass is 35.5. The largest absolute Gasteiger partial charge is 0.316 e. The van der Waals surface area contributed by atoms with Gasteiger partial charge >= 0.3 is 0 Å². The zero-order valence-electron chi connectivity index (χ0n) is 11.8. The van der Waals surface area contributed by atoms with E-state index >= 15 is 0 Å². The number of rotatable bonds is 3. The van der Waals surface area contributed by atoms with Gasteiger partial charge in [0, 0.05) is 30.1 Å². The summed E-state index contributed by atoms with van der Waals surface area (Å²) in [4.78, 5) is 6.96. The fourth-order valence-electron chi connectivity index (χ4n) is 2.92. The normalized spacial score (nSPS) is 20.4. The van der Waals surface area contributed by atoms with Crippen LogP contribution in [0.4, 0.5) is 0 Å². The van der Waals surface area contributed by atoms with Crippen molar-refractivity contribution in [3.63, 3.8) is 0 Å². The Kier molecular flexibility index (Phi) is 4.20. The summed E-state index contributed by atoms with van der Waals surface area (Å²) < 4.78 is 0. The Labute approximate surface area is 124 Å². The Hall–Kier alpha value is -1.16. The van der Waals surface area contributed by atoms with Crippen LogP contribution >= 0.6 is 11.6 Å². The lowest BCUT2D eigenvalue weighted by molar-refractivity contribution is 0.188. The van der Waals surface area contributed by atoms with E-state index in [1.54, 1.807) is 0 Å². The van der Waals surface area contributed by atoms with Gasteiger partial charge in [-0.2, -0.15) is 0 Å². The van der Waals surface area contributed by atoms with Gasteiger partial charge < -0.3 is 5.32 Å². The molecule has 0 bridgehead atoms. The SMILES string of the molecule is CNC1CCCN(Cc2cc3ccccc3nc2Cl)C1. The average molecular weight is 290 g/mol. The molecule has 1 saturated heterocycles. The van der Waals surface area contributed by atoms with Crippen molar-refractivity contribution in [1.29, 1.82) is 0 Å². The number of hydrogen-bond acceptors (Lipinski definition) is 3. The van der Waals surface area contributed by atoms with Crippen LogP contribution in [0.5, 0.6) is 0 Å². The van der Waals surface area contributed by atoms with Gasteiger partial charge in [0.15, 0.2) is 0 Å². The second kappa shape index (κ2) is 6.08. The van der Waals surface area contributed by atoms with E-state index in [1.807, 2.05) is 25.2 Å². The number of pyridine rings is 1. The molecular formula is C16H20ClN3. The van der Waals surface area contributed by atoms with Crippen molar-refractivity contribution < 1.29 is 0 Å². The Morgan fingerprint density at radius 2 is 2.25 bits per heavy atom. The Bertz CT molecular complexity index is 599. The van der Waals surface area contributed by atoms with E-state index in [0.29, 0.717) is 11.2 Å². The Balaban J connectivity index is 1.81. The van der Waals surface area contributed by atoms with Crippen LogP contribution in [-0.2, 0) is 6.54 Å². The zero-order chi connectivity index (χ0) is 13.9. The molecule has 106 valence electrons. The Morgan fingerprint density at radius 1 is 1.40 bits per heavy atom. The molecule has 1 N–H and O–H groups in total. The number of nitrogens with zero attached hydrogens (tertiary/aromatic N) is 2. The van der Waals surface area contributed by atoms with Crippen molar-refractivity contribution in [3.05, 3.63) is 41.0 Å². The summed E-state index contributed by atoms with van der Waals surface area (Å²) in [5, 5.41) is 5.17. The summed E-state index contributed by atoms with van der Waals surface area (Å²) in [5.41, 5.74) is 2.09. The Morgan fingerprint density at radius 3 is 3.10 bits per heavy atom. The number of benzene rings is 1. The van der Waals surface area contributed by atoms with Gasteiger partial charge in [0.05, 0.1) is 5.52 Å². The molecule has 1 unspecified atom stereocenters. The molecule has 1 aliphatic heterocycles. The summed E-state index contributed by atoms with van der Waals surface area (Å²) in [6.45, 7) is 3.11. The molecule has 4 heteroatoms. The first-order chi connectivity index (χ1) is 9.76. The third kappa shape index (κ3) is 2.95. The van der Waals surface area contributed by atoms with Gasteiger partial charge in [0.1, 0.15) is 5.15 Å². The van der Waals surface area contributed by atoms with Crippen molar-refractivity contribution >= 4 is 22.5 Å². The van der Waals surface area contributed by atoms with Gasteiger partial charge in [-0.15, -0.1) is 0 Å². The summed E-state index contributed by atoms with van der Waals surface area (Å²) in [5.74, 6) is 0. The molecule has 0 spiro atoms. The molecule has 1 aliphatic rings. The van der Waals surface area contributed by atoms with Crippen LogP contribution in [0.15, 0.2) is 30.3 Å². The number of nitrogens with one attached hydrogen (secondary N) is 1. The van der Waals surface area contributed by atoms with Crippen LogP contribution in [0.2, 0.25) is 5.15 Å². The van der Waals surface area contributed by atoms with Crippen LogP contribution in [0, 0.1) is 0 Å². The second-order valence-electron chi connectivity index (χ2n) is 5.49. The molecule has 0 amide bonds. The van der Waals surface area contributed by atoms with Gasteiger partial charge in [0.25, 0.3) is 0 Å². The van der Waals surface area contributed by atoms with Crippen LogP contribution < -0.4 is 5.32 Å². The molecule has 3 rings (SSSR count). The first-order valence-electron chi connectivity index (χ1n) is 7.20. The van der Waals surface area contributed by atoms with Crippen LogP contribution in [-0.4, -0.2) is 36.1 Å². The van der Waals surface area contributed by atoms with E-state index < -0.39 is 0 Å². The third-order valence-electron chi connectivity index (χ3n) is 4.06. The minimum Gasteiger partial charge on any atom is -0.316 e. The summed E-state index contributed by atoms with van der Waals surface area (Å²) in [6, 6.07) is 10.9. The van der Waals surface area contributed by atoms with Gasteiger partial charge in [-0.25, -0.2) is 4.98 Å². The monoisotopic (exact) mass is 289 g/mol. The topological polar surface area (TPSA) is 28.2 Å². The van der Waals surface area contributed by atoms with Crippen molar-refractivity contribution in [2.24, 2.45) is 0 Å². The van der Waals surface area contributed by atoms with Crippen molar-refractivity contribution in [2.75, 3.05) is 20.1 Å².